The molecule has 0 fully saturated rings. The van der Waals surface area contributed by atoms with Crippen molar-refractivity contribution in [3.63, 3.8) is 0 Å². The van der Waals surface area contributed by atoms with E-state index in [0.717, 1.165) is 0 Å². The van der Waals surface area contributed by atoms with Crippen LogP contribution >= 0.6 is 0 Å². The van der Waals surface area contributed by atoms with Crippen molar-refractivity contribution < 1.29 is 29.7 Å². The number of amides is 1. The maximum Gasteiger partial charge on any atom is 0.328 e. The molecular formula is C8H14N2O6. The number of aliphatic hydroxyl groups is 1. The predicted molar refractivity (Wildman–Crippen MR) is 51.5 cm³/mol. The van der Waals surface area contributed by atoms with Crippen molar-refractivity contribution in [3.05, 3.63) is 0 Å². The number of carboxylic acids is 2. The third-order valence-corrected chi connectivity index (χ3v) is 1.82. The van der Waals surface area contributed by atoms with Crippen LogP contribution in [0.25, 0.3) is 0 Å². The molecule has 0 saturated heterocycles. The van der Waals surface area contributed by atoms with Crippen LogP contribution in [0.4, 0.5) is 0 Å². The largest absolute Gasteiger partial charge is 0.480 e. The molecule has 0 aromatic rings. The number of rotatable bonds is 7. The van der Waals surface area contributed by atoms with E-state index >= 15 is 0 Å². The summed E-state index contributed by atoms with van der Waals surface area (Å²) in [7, 11) is 0. The lowest BCUT2D eigenvalue weighted by Crippen LogP contribution is -2.44. The molecule has 0 spiro atoms. The van der Waals surface area contributed by atoms with Crippen molar-refractivity contribution >= 4 is 17.8 Å². The summed E-state index contributed by atoms with van der Waals surface area (Å²) in [5.41, 5.74) is 5.14. The Morgan fingerprint density at radius 3 is 2.12 bits per heavy atom. The van der Waals surface area contributed by atoms with Crippen LogP contribution in [0.15, 0.2) is 0 Å². The molecule has 92 valence electrons. The van der Waals surface area contributed by atoms with E-state index in [0.29, 0.717) is 0 Å². The van der Waals surface area contributed by atoms with Gasteiger partial charge in [-0.15, -0.1) is 0 Å². The van der Waals surface area contributed by atoms with Gasteiger partial charge in [-0.25, -0.2) is 4.79 Å². The highest BCUT2D eigenvalue weighted by atomic mass is 16.4. The van der Waals surface area contributed by atoms with Crippen molar-refractivity contribution in [1.29, 1.82) is 0 Å². The van der Waals surface area contributed by atoms with Gasteiger partial charge in [0.05, 0.1) is 6.61 Å². The number of nitrogens with one attached hydrogen (secondary N) is 1. The molecule has 0 aliphatic carbocycles. The Morgan fingerprint density at radius 1 is 1.19 bits per heavy atom. The lowest BCUT2D eigenvalue weighted by Gasteiger charge is -2.12. The van der Waals surface area contributed by atoms with Crippen molar-refractivity contribution in [1.82, 2.24) is 5.32 Å². The minimum absolute atomic E-state index is 0.0983. The van der Waals surface area contributed by atoms with Crippen molar-refractivity contribution in [2.75, 3.05) is 6.61 Å². The molecule has 8 nitrogen and oxygen atoms in total. The van der Waals surface area contributed by atoms with Crippen LogP contribution in [0.5, 0.6) is 0 Å². The summed E-state index contributed by atoms with van der Waals surface area (Å²) in [6.07, 6.45) is -0.309. The normalized spacial score (nSPS) is 13.9. The van der Waals surface area contributed by atoms with Crippen LogP contribution in [-0.4, -0.2) is 51.9 Å². The minimum atomic E-state index is -1.38. The molecule has 2 atom stereocenters. The third-order valence-electron chi connectivity index (χ3n) is 1.82. The number of carbonyl (C=O) groups excluding carboxylic acids is 1. The fourth-order valence-electron chi connectivity index (χ4n) is 0.862. The highest BCUT2D eigenvalue weighted by Crippen LogP contribution is 1.95. The van der Waals surface area contributed by atoms with Gasteiger partial charge in [-0.3, -0.25) is 9.59 Å². The lowest BCUT2D eigenvalue weighted by atomic mass is 10.1. The zero-order valence-corrected chi connectivity index (χ0v) is 8.42. The van der Waals surface area contributed by atoms with Gasteiger partial charge in [0.15, 0.2) is 0 Å². The zero-order valence-electron chi connectivity index (χ0n) is 8.42. The summed E-state index contributed by atoms with van der Waals surface area (Å²) in [5.74, 6) is -3.26. The first-order chi connectivity index (χ1) is 7.38. The van der Waals surface area contributed by atoms with Crippen molar-refractivity contribution in [3.8, 4) is 0 Å². The lowest BCUT2D eigenvalue weighted by molar-refractivity contribution is -0.143. The molecule has 0 aliphatic rings. The Morgan fingerprint density at radius 2 is 1.75 bits per heavy atom. The average Bonchev–Trinajstić information content (AvgIpc) is 2.21. The van der Waals surface area contributed by atoms with E-state index in [1.54, 1.807) is 0 Å². The standard InChI is InChI=1S/C8H14N2O6/c9-4(7(13)14)1-2-6(12)10-5(3-11)8(15)16/h4-5,11H,1-3,9H2,(H,10,12)(H,13,14)(H,15,16)/t4-,5-/m1/s1. The monoisotopic (exact) mass is 234 g/mol. The molecule has 0 radical (unpaired) electrons. The van der Waals surface area contributed by atoms with Gasteiger partial charge in [0, 0.05) is 6.42 Å². The van der Waals surface area contributed by atoms with E-state index < -0.39 is 36.5 Å². The summed E-state index contributed by atoms with van der Waals surface area (Å²) in [6.45, 7) is -0.730. The Hall–Kier alpha value is -1.67. The number of nitrogens with two attached hydrogens (primary N) is 1. The quantitative estimate of drug-likeness (QED) is 0.333. The van der Waals surface area contributed by atoms with Crippen LogP contribution in [0.2, 0.25) is 0 Å². The average molecular weight is 234 g/mol. The second kappa shape index (κ2) is 6.75. The highest BCUT2D eigenvalue weighted by Gasteiger charge is 2.20. The molecule has 0 rings (SSSR count). The number of carbonyl (C=O) groups is 3. The van der Waals surface area contributed by atoms with Crippen LogP contribution in [-0.2, 0) is 14.4 Å². The Kier molecular flexibility index (Phi) is 6.04. The minimum Gasteiger partial charge on any atom is -0.480 e. The molecule has 0 heterocycles. The van der Waals surface area contributed by atoms with Gasteiger partial charge in [-0.2, -0.15) is 0 Å². The highest BCUT2D eigenvalue weighted by molar-refractivity contribution is 5.84. The Labute approximate surface area is 91.1 Å². The second-order valence-electron chi connectivity index (χ2n) is 3.12. The van der Waals surface area contributed by atoms with Crippen molar-refractivity contribution in [2.24, 2.45) is 5.73 Å². The van der Waals surface area contributed by atoms with E-state index in [4.69, 9.17) is 21.1 Å². The number of hydrogen-bond acceptors (Lipinski definition) is 5. The maximum atomic E-state index is 11.1. The molecule has 0 aromatic carbocycles. The van der Waals surface area contributed by atoms with Crippen molar-refractivity contribution in [2.45, 2.75) is 24.9 Å². The first-order valence-corrected chi connectivity index (χ1v) is 4.50. The SMILES string of the molecule is N[C@H](CCC(=O)N[C@H](CO)C(=O)O)C(=O)O. The zero-order chi connectivity index (χ0) is 12.7. The molecule has 0 aromatic heterocycles. The maximum absolute atomic E-state index is 11.1. The second-order valence-corrected chi connectivity index (χ2v) is 3.12. The summed E-state index contributed by atoms with van der Waals surface area (Å²) in [5, 5.41) is 27.5. The van der Waals surface area contributed by atoms with Gasteiger partial charge >= 0.3 is 11.9 Å². The molecule has 0 unspecified atom stereocenters. The molecule has 16 heavy (non-hydrogen) atoms. The van der Waals surface area contributed by atoms with Gasteiger partial charge < -0.3 is 26.4 Å². The fraction of sp³-hybridized carbons (Fsp3) is 0.625. The summed E-state index contributed by atoms with van der Waals surface area (Å²) in [4.78, 5) is 31.8. The van der Waals surface area contributed by atoms with Crippen LogP contribution in [0.1, 0.15) is 12.8 Å². The molecule has 0 saturated carbocycles. The van der Waals surface area contributed by atoms with E-state index in [1.165, 1.54) is 0 Å². The van der Waals surface area contributed by atoms with Gasteiger partial charge in [0.1, 0.15) is 12.1 Å². The van der Waals surface area contributed by atoms with Gasteiger partial charge in [-0.1, -0.05) is 0 Å². The molecule has 0 bridgehead atoms. The summed E-state index contributed by atoms with van der Waals surface area (Å²) >= 11 is 0. The van der Waals surface area contributed by atoms with Crippen LogP contribution in [0, 0.1) is 0 Å². The number of aliphatic hydroxyl groups excluding tert-OH is 1. The number of carboxylic acid groups (broad SMARTS) is 2. The van der Waals surface area contributed by atoms with E-state index in [9.17, 15) is 14.4 Å². The molecular weight excluding hydrogens is 220 g/mol. The van der Waals surface area contributed by atoms with E-state index in [2.05, 4.69) is 0 Å². The molecule has 8 heteroatoms. The van der Waals surface area contributed by atoms with Crippen LogP contribution in [0.3, 0.4) is 0 Å². The number of aliphatic carboxylic acids is 2. The Balaban J connectivity index is 3.99. The summed E-state index contributed by atoms with van der Waals surface area (Å²) in [6, 6.07) is -2.54. The van der Waals surface area contributed by atoms with Gasteiger partial charge in [0.2, 0.25) is 5.91 Å². The fourth-order valence-corrected chi connectivity index (χ4v) is 0.862. The molecule has 1 amide bonds. The topological polar surface area (TPSA) is 150 Å². The first-order valence-electron chi connectivity index (χ1n) is 4.50. The smallest absolute Gasteiger partial charge is 0.328 e. The molecule has 0 aliphatic heterocycles. The van der Waals surface area contributed by atoms with Gasteiger partial charge in [0.25, 0.3) is 0 Å². The third kappa shape index (κ3) is 5.27. The van der Waals surface area contributed by atoms with E-state index in [-0.39, 0.29) is 12.8 Å². The number of hydrogen-bond donors (Lipinski definition) is 5. The first kappa shape index (κ1) is 14.3. The van der Waals surface area contributed by atoms with Gasteiger partial charge in [-0.05, 0) is 6.42 Å². The molecule has 6 N–H and O–H groups in total. The summed E-state index contributed by atoms with van der Waals surface area (Å²) < 4.78 is 0. The van der Waals surface area contributed by atoms with Crippen LogP contribution < -0.4 is 11.1 Å². The predicted octanol–water partition coefficient (Wildman–Crippen LogP) is -2.26. The Bertz CT molecular complexity index is 280. The van der Waals surface area contributed by atoms with E-state index in [1.807, 2.05) is 5.32 Å².